The van der Waals surface area contributed by atoms with Crippen molar-refractivity contribution in [3.8, 4) is 5.75 Å². The monoisotopic (exact) mass is 250 g/mol. The molecule has 0 amide bonds. The molecule has 0 aliphatic rings. The Morgan fingerprint density at radius 2 is 2.22 bits per heavy atom. The van der Waals surface area contributed by atoms with Crippen molar-refractivity contribution >= 4 is 11.8 Å². The van der Waals surface area contributed by atoms with Gasteiger partial charge in [0.1, 0.15) is 5.75 Å². The molecule has 0 radical (unpaired) electrons. The van der Waals surface area contributed by atoms with Crippen LogP contribution in [0.3, 0.4) is 0 Å². The fourth-order valence-corrected chi connectivity index (χ4v) is 1.40. The van der Waals surface area contributed by atoms with Crippen LogP contribution in [0.2, 0.25) is 0 Å². The van der Waals surface area contributed by atoms with Gasteiger partial charge in [-0.3, -0.25) is 10.1 Å². The summed E-state index contributed by atoms with van der Waals surface area (Å²) in [5.74, 6) is 0.478. The number of hydrogen-bond donors (Lipinski definition) is 0. The van der Waals surface area contributed by atoms with E-state index < -0.39 is 4.92 Å². The van der Waals surface area contributed by atoms with Gasteiger partial charge in [-0.15, -0.1) is 0 Å². The molecular weight excluding hydrogens is 236 g/mol. The van der Waals surface area contributed by atoms with Crippen LogP contribution in [0.25, 0.3) is 0 Å². The van der Waals surface area contributed by atoms with Crippen molar-refractivity contribution in [1.29, 1.82) is 0 Å². The Hall–Kier alpha value is -2.20. The molecule has 0 spiro atoms. The third-order valence-corrected chi connectivity index (χ3v) is 2.37. The highest BCUT2D eigenvalue weighted by molar-refractivity contribution is 5.45. The fraction of sp³-hybridized carbons (Fsp3) is 0.417. The first kappa shape index (κ1) is 13.9. The maximum Gasteiger partial charge on any atom is 0.275 e. The minimum absolute atomic E-state index is 0.0538. The molecule has 6 heteroatoms. The maximum atomic E-state index is 10.7. The number of nitro groups is 1. The molecule has 0 aromatic heterocycles. The third-order valence-electron chi connectivity index (χ3n) is 2.37. The number of aliphatic imine (C=N–C) groups is 1. The summed E-state index contributed by atoms with van der Waals surface area (Å²) >= 11 is 0. The van der Waals surface area contributed by atoms with E-state index in [-0.39, 0.29) is 5.69 Å². The van der Waals surface area contributed by atoms with Crippen molar-refractivity contribution < 1.29 is 14.5 Å². The van der Waals surface area contributed by atoms with Gasteiger partial charge in [-0.1, -0.05) is 0 Å². The molecule has 0 aliphatic carbocycles. The molecule has 96 valence electrons. The summed E-state index contributed by atoms with van der Waals surface area (Å²) in [6, 6.07) is 4.77. The highest BCUT2D eigenvalue weighted by Gasteiger charge is 2.11. The Bertz CT molecular complexity index is 467. The van der Waals surface area contributed by atoms with Gasteiger partial charge in [0.25, 0.3) is 5.69 Å². The van der Waals surface area contributed by atoms with Crippen molar-refractivity contribution in [3.63, 3.8) is 0 Å². The molecule has 1 rings (SSSR count). The molecule has 0 unspecified atom stereocenters. The molecule has 0 aliphatic heterocycles. The zero-order valence-electron chi connectivity index (χ0n) is 10.1. The molecule has 0 N–H and O–H groups in total. The first-order valence-corrected chi connectivity index (χ1v) is 5.56. The number of isocyanates is 1. The van der Waals surface area contributed by atoms with Gasteiger partial charge in [0.05, 0.1) is 24.1 Å². The topological polar surface area (TPSA) is 81.8 Å². The summed E-state index contributed by atoms with van der Waals surface area (Å²) < 4.78 is 5.39. The van der Waals surface area contributed by atoms with Gasteiger partial charge >= 0.3 is 0 Å². The summed E-state index contributed by atoms with van der Waals surface area (Å²) in [5, 5.41) is 10.7. The first-order valence-electron chi connectivity index (χ1n) is 5.56. The maximum absolute atomic E-state index is 10.7. The lowest BCUT2D eigenvalue weighted by atomic mass is 10.2. The molecule has 1 aromatic carbocycles. The molecule has 0 heterocycles. The number of benzene rings is 1. The molecule has 18 heavy (non-hydrogen) atoms. The molecule has 0 bridgehead atoms. The number of hydrogen-bond acceptors (Lipinski definition) is 5. The van der Waals surface area contributed by atoms with Crippen LogP contribution in [0.4, 0.5) is 5.69 Å². The summed E-state index contributed by atoms with van der Waals surface area (Å²) in [5.41, 5.74) is 0.658. The van der Waals surface area contributed by atoms with Crippen molar-refractivity contribution in [2.75, 3.05) is 13.2 Å². The number of unbranched alkanes of at least 4 members (excludes halogenated alkanes) is 1. The van der Waals surface area contributed by atoms with Gasteiger partial charge in [-0.2, -0.15) is 0 Å². The van der Waals surface area contributed by atoms with Crippen LogP contribution in [0.15, 0.2) is 23.2 Å². The lowest BCUT2D eigenvalue weighted by molar-refractivity contribution is -0.385. The number of rotatable bonds is 7. The predicted molar refractivity (Wildman–Crippen MR) is 65.6 cm³/mol. The van der Waals surface area contributed by atoms with Crippen molar-refractivity contribution in [1.82, 2.24) is 0 Å². The molecule has 0 fully saturated rings. The van der Waals surface area contributed by atoms with Crippen molar-refractivity contribution in [2.24, 2.45) is 4.99 Å². The second kappa shape index (κ2) is 7.19. The van der Waals surface area contributed by atoms with Gasteiger partial charge in [0.2, 0.25) is 6.08 Å². The van der Waals surface area contributed by atoms with Crippen LogP contribution in [-0.2, 0) is 4.79 Å². The van der Waals surface area contributed by atoms with E-state index in [0.717, 1.165) is 12.8 Å². The largest absolute Gasteiger partial charge is 0.493 e. The zero-order valence-corrected chi connectivity index (χ0v) is 10.1. The number of aryl methyl sites for hydroxylation is 1. The second-order valence-corrected chi connectivity index (χ2v) is 3.73. The smallest absolute Gasteiger partial charge is 0.275 e. The molecular formula is C12H14N2O4. The Labute approximate surface area is 104 Å². The van der Waals surface area contributed by atoms with Crippen LogP contribution in [0, 0.1) is 17.0 Å². The number of nitro benzene ring substituents is 1. The van der Waals surface area contributed by atoms with Crippen LogP contribution in [0.5, 0.6) is 5.75 Å². The average molecular weight is 250 g/mol. The summed E-state index contributed by atoms with van der Waals surface area (Å²) in [4.78, 5) is 23.5. The van der Waals surface area contributed by atoms with Gasteiger partial charge < -0.3 is 4.74 Å². The molecule has 6 nitrogen and oxygen atoms in total. The summed E-state index contributed by atoms with van der Waals surface area (Å²) in [6.45, 7) is 2.55. The van der Waals surface area contributed by atoms with E-state index in [2.05, 4.69) is 4.99 Å². The average Bonchev–Trinajstić information content (AvgIpc) is 2.35. The Morgan fingerprint density at radius 3 is 2.89 bits per heavy atom. The summed E-state index contributed by atoms with van der Waals surface area (Å²) in [7, 11) is 0. The van der Waals surface area contributed by atoms with E-state index >= 15 is 0 Å². The van der Waals surface area contributed by atoms with Crippen molar-refractivity contribution in [3.05, 3.63) is 33.9 Å². The zero-order chi connectivity index (χ0) is 13.4. The second-order valence-electron chi connectivity index (χ2n) is 3.73. The highest BCUT2D eigenvalue weighted by atomic mass is 16.6. The lowest BCUT2D eigenvalue weighted by Crippen LogP contribution is -1.99. The molecule has 1 aromatic rings. The van der Waals surface area contributed by atoms with E-state index in [9.17, 15) is 14.9 Å². The quantitative estimate of drug-likeness (QED) is 0.244. The van der Waals surface area contributed by atoms with E-state index in [4.69, 9.17) is 4.74 Å². The lowest BCUT2D eigenvalue weighted by Gasteiger charge is -2.06. The Balaban J connectivity index is 2.45. The van der Waals surface area contributed by atoms with Crippen LogP contribution in [0.1, 0.15) is 18.4 Å². The van der Waals surface area contributed by atoms with Crippen LogP contribution >= 0.6 is 0 Å². The predicted octanol–water partition coefficient (Wildman–Crippen LogP) is 2.40. The standard InChI is InChI=1S/C12H14N2O4/c1-10-4-5-11(8-12(10)14(16)17)18-7-3-2-6-13-9-15/h4-5,8H,2-3,6-7H2,1H3. The van der Waals surface area contributed by atoms with E-state index in [1.165, 1.54) is 12.1 Å². The summed E-state index contributed by atoms with van der Waals surface area (Å²) in [6.07, 6.45) is 2.92. The highest BCUT2D eigenvalue weighted by Crippen LogP contribution is 2.23. The van der Waals surface area contributed by atoms with Crippen LogP contribution < -0.4 is 4.74 Å². The van der Waals surface area contributed by atoms with Crippen molar-refractivity contribution in [2.45, 2.75) is 19.8 Å². The Morgan fingerprint density at radius 1 is 1.44 bits per heavy atom. The molecule has 0 saturated carbocycles. The number of ether oxygens (including phenoxy) is 1. The van der Waals surface area contributed by atoms with Gasteiger partial charge in [-0.25, -0.2) is 9.79 Å². The van der Waals surface area contributed by atoms with Crippen LogP contribution in [-0.4, -0.2) is 24.2 Å². The fourth-order valence-electron chi connectivity index (χ4n) is 1.40. The third kappa shape index (κ3) is 4.35. The van der Waals surface area contributed by atoms with Gasteiger partial charge in [-0.05, 0) is 31.9 Å². The molecule has 0 atom stereocenters. The number of nitrogens with zero attached hydrogens (tertiary/aromatic N) is 2. The Kier molecular flexibility index (Phi) is 5.54. The molecule has 0 saturated heterocycles. The van der Waals surface area contributed by atoms with Gasteiger partial charge in [0.15, 0.2) is 0 Å². The normalized spacial score (nSPS) is 9.61. The minimum Gasteiger partial charge on any atom is -0.493 e. The van der Waals surface area contributed by atoms with E-state index in [0.29, 0.717) is 24.5 Å². The van der Waals surface area contributed by atoms with E-state index in [1.807, 2.05) is 0 Å². The SMILES string of the molecule is Cc1ccc(OCCCCN=C=O)cc1[N+](=O)[O-]. The van der Waals surface area contributed by atoms with Gasteiger partial charge in [0, 0.05) is 5.56 Å². The number of carbonyl (C=O) groups excluding carboxylic acids is 1. The first-order chi connectivity index (χ1) is 8.65. The minimum atomic E-state index is -0.430. The van der Waals surface area contributed by atoms with E-state index in [1.54, 1.807) is 19.1 Å².